The highest BCUT2D eigenvalue weighted by Gasteiger charge is 2.21. The van der Waals surface area contributed by atoms with Crippen LogP contribution in [0, 0.1) is 10.1 Å². The first-order valence-corrected chi connectivity index (χ1v) is 4.47. The molecule has 74 valence electrons. The molecule has 14 heavy (non-hydrogen) atoms. The van der Waals surface area contributed by atoms with E-state index in [1.165, 1.54) is 0 Å². The average Bonchev–Trinajstić information content (AvgIpc) is 2.08. The topological polar surface area (TPSA) is 80.4 Å². The molecule has 0 aliphatic carbocycles. The number of benzene rings is 1. The van der Waals surface area contributed by atoms with Crippen LogP contribution >= 0.6 is 27.5 Å². The van der Waals surface area contributed by atoms with Crippen LogP contribution in [0.3, 0.4) is 0 Å². The number of nitro groups is 1. The van der Waals surface area contributed by atoms with Gasteiger partial charge in [0.15, 0.2) is 0 Å². The molecular formula is C7H3BrClNO4. The summed E-state index contributed by atoms with van der Waals surface area (Å²) in [5.74, 6) is -1.37. The summed E-state index contributed by atoms with van der Waals surface area (Å²) in [4.78, 5) is 20.3. The lowest BCUT2D eigenvalue weighted by atomic mass is 10.2. The van der Waals surface area contributed by atoms with E-state index in [4.69, 9.17) is 16.7 Å². The second kappa shape index (κ2) is 3.93. The van der Waals surface area contributed by atoms with Gasteiger partial charge in [0.2, 0.25) is 0 Å². The third-order valence-corrected chi connectivity index (χ3v) is 2.66. The average molecular weight is 280 g/mol. The van der Waals surface area contributed by atoms with E-state index in [1.54, 1.807) is 0 Å². The molecule has 1 N–H and O–H groups in total. The molecule has 0 bridgehead atoms. The number of hydrogen-bond acceptors (Lipinski definition) is 3. The first kappa shape index (κ1) is 10.9. The highest BCUT2D eigenvalue weighted by Crippen LogP contribution is 2.30. The molecule has 0 saturated carbocycles. The number of rotatable bonds is 2. The van der Waals surface area contributed by atoms with Crippen molar-refractivity contribution >= 4 is 39.2 Å². The molecule has 1 aromatic rings. The van der Waals surface area contributed by atoms with E-state index in [1.807, 2.05) is 0 Å². The van der Waals surface area contributed by atoms with Gasteiger partial charge in [-0.15, -0.1) is 0 Å². The fourth-order valence-corrected chi connectivity index (χ4v) is 1.36. The smallest absolute Gasteiger partial charge is 0.342 e. The van der Waals surface area contributed by atoms with Crippen molar-refractivity contribution in [3.05, 3.63) is 37.3 Å². The van der Waals surface area contributed by atoms with E-state index >= 15 is 0 Å². The molecule has 0 spiro atoms. The molecule has 0 aliphatic heterocycles. The van der Waals surface area contributed by atoms with Crippen molar-refractivity contribution in [2.45, 2.75) is 0 Å². The van der Waals surface area contributed by atoms with E-state index in [9.17, 15) is 14.9 Å². The predicted octanol–water partition coefficient (Wildman–Crippen LogP) is 2.71. The number of aromatic carboxylic acids is 1. The zero-order valence-electron chi connectivity index (χ0n) is 6.53. The summed E-state index contributed by atoms with van der Waals surface area (Å²) in [5.41, 5.74) is -0.919. The van der Waals surface area contributed by atoms with Gasteiger partial charge in [-0.2, -0.15) is 0 Å². The van der Waals surface area contributed by atoms with Crippen molar-refractivity contribution in [2.75, 3.05) is 0 Å². The summed E-state index contributed by atoms with van der Waals surface area (Å²) in [6.45, 7) is 0. The van der Waals surface area contributed by atoms with Crippen LogP contribution in [0.1, 0.15) is 10.4 Å². The molecule has 1 aromatic carbocycles. The van der Waals surface area contributed by atoms with Gasteiger partial charge < -0.3 is 5.11 Å². The Kier molecular flexibility index (Phi) is 3.07. The second-order valence-corrected chi connectivity index (χ2v) is 3.61. The minimum atomic E-state index is -1.37. The summed E-state index contributed by atoms with van der Waals surface area (Å²) in [6.07, 6.45) is 0. The van der Waals surface area contributed by atoms with Crippen LogP contribution in [-0.4, -0.2) is 16.0 Å². The summed E-state index contributed by atoms with van der Waals surface area (Å²) in [6, 6.07) is 2.10. The quantitative estimate of drug-likeness (QED) is 0.667. The minimum absolute atomic E-state index is 0.0988. The van der Waals surface area contributed by atoms with Crippen LogP contribution in [0.25, 0.3) is 0 Å². The van der Waals surface area contributed by atoms with Crippen LogP contribution in [0.15, 0.2) is 16.6 Å². The number of carboxylic acid groups (broad SMARTS) is 1. The molecule has 0 heterocycles. The molecule has 0 saturated heterocycles. The SMILES string of the molecule is O=C(O)c1cc(Br)c(Cl)cc1[N+](=O)[O-]. The van der Waals surface area contributed by atoms with Crippen molar-refractivity contribution < 1.29 is 14.8 Å². The van der Waals surface area contributed by atoms with Gasteiger partial charge >= 0.3 is 5.97 Å². The standard InChI is InChI=1S/C7H3BrClNO4/c8-4-1-3(7(11)12)6(10(13)14)2-5(4)9/h1-2H,(H,11,12). The van der Waals surface area contributed by atoms with Gasteiger partial charge in [-0.05, 0) is 22.0 Å². The lowest BCUT2D eigenvalue weighted by molar-refractivity contribution is -0.385. The number of halogens is 2. The second-order valence-electron chi connectivity index (χ2n) is 2.35. The normalized spacial score (nSPS) is 9.86. The Hall–Kier alpha value is -1.14. The Bertz CT molecular complexity index is 381. The lowest BCUT2D eigenvalue weighted by Gasteiger charge is -2.00. The summed E-state index contributed by atoms with van der Waals surface area (Å²) in [5, 5.41) is 19.2. The fraction of sp³-hybridized carbons (Fsp3) is 0. The van der Waals surface area contributed by atoms with Gasteiger partial charge in [0.05, 0.1) is 9.95 Å². The third-order valence-electron chi connectivity index (χ3n) is 1.47. The molecule has 0 amide bonds. The Morgan fingerprint density at radius 1 is 1.57 bits per heavy atom. The van der Waals surface area contributed by atoms with Crippen molar-refractivity contribution in [2.24, 2.45) is 0 Å². The van der Waals surface area contributed by atoms with Crippen molar-refractivity contribution in [3.63, 3.8) is 0 Å². The lowest BCUT2D eigenvalue weighted by Crippen LogP contribution is -2.02. The molecule has 0 aromatic heterocycles. The van der Waals surface area contributed by atoms with Crippen LogP contribution in [0.2, 0.25) is 5.02 Å². The molecule has 0 aliphatic rings. The van der Waals surface area contributed by atoms with Gasteiger partial charge in [-0.3, -0.25) is 10.1 Å². The van der Waals surface area contributed by atoms with Crippen molar-refractivity contribution in [3.8, 4) is 0 Å². The minimum Gasteiger partial charge on any atom is -0.477 e. The van der Waals surface area contributed by atoms with Crippen LogP contribution in [-0.2, 0) is 0 Å². The Morgan fingerprint density at radius 3 is 2.57 bits per heavy atom. The van der Waals surface area contributed by atoms with Gasteiger partial charge in [-0.1, -0.05) is 11.6 Å². The Morgan fingerprint density at radius 2 is 2.14 bits per heavy atom. The highest BCUT2D eigenvalue weighted by molar-refractivity contribution is 9.10. The number of carboxylic acids is 1. The monoisotopic (exact) mass is 279 g/mol. The van der Waals surface area contributed by atoms with E-state index < -0.39 is 22.1 Å². The highest BCUT2D eigenvalue weighted by atomic mass is 79.9. The first-order chi connectivity index (χ1) is 6.43. The zero-order chi connectivity index (χ0) is 10.9. The maximum Gasteiger partial charge on any atom is 0.342 e. The van der Waals surface area contributed by atoms with Crippen molar-refractivity contribution in [1.29, 1.82) is 0 Å². The van der Waals surface area contributed by atoms with Gasteiger partial charge in [0, 0.05) is 10.5 Å². The summed E-state index contributed by atoms with van der Waals surface area (Å²) < 4.78 is 0.308. The predicted molar refractivity (Wildman–Crippen MR) is 52.8 cm³/mol. The number of nitro benzene ring substituents is 1. The van der Waals surface area contributed by atoms with Crippen molar-refractivity contribution in [1.82, 2.24) is 0 Å². The molecule has 0 atom stereocenters. The number of carbonyl (C=O) groups is 1. The van der Waals surface area contributed by atoms with E-state index in [0.29, 0.717) is 4.47 Å². The van der Waals surface area contributed by atoms with E-state index in [2.05, 4.69) is 15.9 Å². The maximum atomic E-state index is 10.6. The summed E-state index contributed by atoms with van der Waals surface area (Å²) in [7, 11) is 0. The number of nitrogens with zero attached hydrogens (tertiary/aromatic N) is 1. The Balaban J connectivity index is 3.46. The van der Waals surface area contributed by atoms with E-state index in [-0.39, 0.29) is 5.02 Å². The summed E-state index contributed by atoms with van der Waals surface area (Å²) >= 11 is 8.57. The zero-order valence-corrected chi connectivity index (χ0v) is 8.87. The van der Waals surface area contributed by atoms with Crippen LogP contribution in [0.5, 0.6) is 0 Å². The first-order valence-electron chi connectivity index (χ1n) is 3.30. The molecule has 7 heteroatoms. The van der Waals surface area contributed by atoms with Gasteiger partial charge in [-0.25, -0.2) is 4.79 Å². The third kappa shape index (κ3) is 2.02. The van der Waals surface area contributed by atoms with Gasteiger partial charge in [0.25, 0.3) is 5.69 Å². The molecule has 0 fully saturated rings. The van der Waals surface area contributed by atoms with Gasteiger partial charge in [0.1, 0.15) is 5.56 Å². The van der Waals surface area contributed by atoms with Crippen LogP contribution in [0.4, 0.5) is 5.69 Å². The molecule has 1 rings (SSSR count). The fourth-order valence-electron chi connectivity index (χ4n) is 0.859. The maximum absolute atomic E-state index is 10.6. The number of hydrogen-bond donors (Lipinski definition) is 1. The van der Waals surface area contributed by atoms with Crippen LogP contribution < -0.4 is 0 Å². The molecular weight excluding hydrogens is 277 g/mol. The van der Waals surface area contributed by atoms with E-state index in [0.717, 1.165) is 12.1 Å². The largest absolute Gasteiger partial charge is 0.477 e. The molecule has 0 radical (unpaired) electrons. The molecule has 0 unspecified atom stereocenters. The molecule has 5 nitrogen and oxygen atoms in total. The Labute approximate surface area is 91.6 Å².